The van der Waals surface area contributed by atoms with Crippen molar-refractivity contribution in [3.05, 3.63) is 95.8 Å². The second-order valence-electron chi connectivity index (χ2n) is 8.55. The lowest BCUT2D eigenvalue weighted by molar-refractivity contribution is -0.144. The van der Waals surface area contributed by atoms with Crippen LogP contribution in [-0.2, 0) is 35.0 Å². The Morgan fingerprint density at radius 3 is 1.85 bits per heavy atom. The van der Waals surface area contributed by atoms with Crippen LogP contribution in [0.5, 0.6) is 0 Å². The van der Waals surface area contributed by atoms with E-state index in [4.69, 9.17) is 14.2 Å². The van der Waals surface area contributed by atoms with Gasteiger partial charge in [0.05, 0.1) is 13.2 Å². The van der Waals surface area contributed by atoms with Gasteiger partial charge >= 0.3 is 17.9 Å². The van der Waals surface area contributed by atoms with Gasteiger partial charge in [-0.3, -0.25) is 0 Å². The lowest BCUT2D eigenvalue weighted by Gasteiger charge is -2.19. The van der Waals surface area contributed by atoms with Crippen molar-refractivity contribution < 1.29 is 28.6 Å². The second kappa shape index (κ2) is 12.5. The molecule has 0 saturated heterocycles. The quantitative estimate of drug-likeness (QED) is 0.257. The first-order valence-corrected chi connectivity index (χ1v) is 11.1. The van der Waals surface area contributed by atoms with Gasteiger partial charge in [-0.25, -0.2) is 14.4 Å². The fourth-order valence-corrected chi connectivity index (χ4v) is 3.15. The van der Waals surface area contributed by atoms with Crippen LogP contribution in [0.2, 0.25) is 0 Å². The van der Waals surface area contributed by atoms with Crippen molar-refractivity contribution >= 4 is 17.9 Å². The summed E-state index contributed by atoms with van der Waals surface area (Å²) in [5.41, 5.74) is 3.14. The van der Waals surface area contributed by atoms with E-state index in [1.165, 1.54) is 0 Å². The fourth-order valence-electron chi connectivity index (χ4n) is 3.15. The second-order valence-corrected chi connectivity index (χ2v) is 8.55. The van der Waals surface area contributed by atoms with E-state index in [0.717, 1.165) is 11.1 Å². The number of carbonyl (C=O) groups excluding carboxylic acids is 3. The third-order valence-corrected chi connectivity index (χ3v) is 5.15. The normalized spacial score (nSPS) is 14.7. The predicted octanol–water partition coefficient (Wildman–Crippen LogP) is 5.13. The van der Waals surface area contributed by atoms with E-state index < -0.39 is 17.9 Å². The Kier molecular flexibility index (Phi) is 9.80. The molecule has 0 bridgehead atoms. The van der Waals surface area contributed by atoms with Gasteiger partial charge in [0, 0.05) is 28.6 Å². The van der Waals surface area contributed by atoms with Crippen molar-refractivity contribution in [2.45, 2.75) is 39.5 Å². The molecule has 0 saturated carbocycles. The maximum Gasteiger partial charge on any atom is 0.338 e. The topological polar surface area (TPSA) is 78.9 Å². The zero-order chi connectivity index (χ0) is 25.3. The summed E-state index contributed by atoms with van der Waals surface area (Å²) in [5.74, 6) is -0.895. The Labute approximate surface area is 201 Å². The van der Waals surface area contributed by atoms with Gasteiger partial charge in [0.1, 0.15) is 5.76 Å². The van der Waals surface area contributed by atoms with E-state index in [1.807, 2.05) is 36.4 Å². The number of rotatable bonds is 11. The SMILES string of the molecule is C=C(C)C(=O)OCC(COC(=O)C(=C)C)Cc1ccc(C2C=CC(OC(=O)C(=C)C)=CC2)cc1. The van der Waals surface area contributed by atoms with Crippen LogP contribution < -0.4 is 0 Å². The van der Waals surface area contributed by atoms with Crippen LogP contribution in [0, 0.1) is 5.92 Å². The lowest BCUT2D eigenvalue weighted by atomic mass is 9.90. The molecule has 2 rings (SSSR count). The van der Waals surface area contributed by atoms with E-state index in [9.17, 15) is 14.4 Å². The zero-order valence-corrected chi connectivity index (χ0v) is 20.1. The molecule has 0 N–H and O–H groups in total. The minimum atomic E-state index is -0.475. The average Bonchev–Trinajstić information content (AvgIpc) is 2.81. The van der Waals surface area contributed by atoms with Crippen molar-refractivity contribution in [3.8, 4) is 0 Å². The Balaban J connectivity index is 1.99. The molecule has 0 aliphatic heterocycles. The molecule has 1 atom stereocenters. The predicted molar refractivity (Wildman–Crippen MR) is 131 cm³/mol. The number of ether oxygens (including phenoxy) is 3. The summed E-state index contributed by atoms with van der Waals surface area (Å²) in [5, 5.41) is 0. The summed E-state index contributed by atoms with van der Waals surface area (Å²) >= 11 is 0. The third-order valence-electron chi connectivity index (χ3n) is 5.15. The van der Waals surface area contributed by atoms with Gasteiger partial charge in [0.2, 0.25) is 0 Å². The molecule has 180 valence electrons. The van der Waals surface area contributed by atoms with E-state index in [1.54, 1.807) is 26.8 Å². The number of carbonyl (C=O) groups is 3. The minimum Gasteiger partial charge on any atom is -0.462 e. The van der Waals surface area contributed by atoms with Gasteiger partial charge < -0.3 is 14.2 Å². The average molecular weight is 465 g/mol. The number of hydrogen-bond donors (Lipinski definition) is 0. The van der Waals surface area contributed by atoms with E-state index in [2.05, 4.69) is 19.7 Å². The Hall–Kier alpha value is -3.67. The first-order valence-electron chi connectivity index (χ1n) is 11.1. The van der Waals surface area contributed by atoms with Gasteiger partial charge in [-0.05, 0) is 56.9 Å². The number of benzene rings is 1. The monoisotopic (exact) mass is 464 g/mol. The fraction of sp³-hybridized carbons (Fsp3) is 0.321. The Bertz CT molecular complexity index is 995. The van der Waals surface area contributed by atoms with Crippen LogP contribution in [0.15, 0.2) is 84.7 Å². The highest BCUT2D eigenvalue weighted by Gasteiger charge is 2.18. The molecular formula is C28H32O6. The Morgan fingerprint density at radius 2 is 1.41 bits per heavy atom. The molecule has 1 aromatic carbocycles. The minimum absolute atomic E-state index is 0.110. The summed E-state index contributed by atoms with van der Waals surface area (Å²) in [6, 6.07) is 8.11. The largest absolute Gasteiger partial charge is 0.462 e. The highest BCUT2D eigenvalue weighted by Crippen LogP contribution is 2.28. The molecule has 1 aliphatic rings. The number of allylic oxidation sites excluding steroid dienone is 3. The molecule has 0 amide bonds. The van der Waals surface area contributed by atoms with Gasteiger partial charge in [0.15, 0.2) is 0 Å². The molecule has 6 heteroatoms. The summed E-state index contributed by atoms with van der Waals surface area (Å²) < 4.78 is 15.8. The molecular weight excluding hydrogens is 432 g/mol. The molecule has 0 fully saturated rings. The number of esters is 3. The number of hydrogen-bond acceptors (Lipinski definition) is 6. The van der Waals surface area contributed by atoms with Crippen LogP contribution >= 0.6 is 0 Å². The first kappa shape index (κ1) is 26.6. The molecule has 1 unspecified atom stereocenters. The zero-order valence-electron chi connectivity index (χ0n) is 20.1. The summed E-state index contributed by atoms with van der Waals surface area (Å²) in [4.78, 5) is 35.3. The lowest BCUT2D eigenvalue weighted by Crippen LogP contribution is -2.23. The first-order chi connectivity index (χ1) is 16.1. The van der Waals surface area contributed by atoms with Gasteiger partial charge in [-0.2, -0.15) is 0 Å². The van der Waals surface area contributed by atoms with E-state index >= 15 is 0 Å². The standard InChI is InChI=1S/C28H32O6/c1-18(2)26(29)32-16-22(17-33-27(30)19(3)4)15-21-7-9-23(10-8-21)24-11-13-25(14-12-24)34-28(31)20(5)6/h7-11,13-14,22,24H,1,3,5,12,15-17H2,2,4,6H3. The van der Waals surface area contributed by atoms with Crippen LogP contribution in [0.25, 0.3) is 0 Å². The maximum atomic E-state index is 11.8. The molecule has 34 heavy (non-hydrogen) atoms. The van der Waals surface area contributed by atoms with Crippen LogP contribution in [0.1, 0.15) is 44.2 Å². The highest BCUT2D eigenvalue weighted by molar-refractivity contribution is 5.88. The molecule has 1 aliphatic carbocycles. The van der Waals surface area contributed by atoms with Crippen molar-refractivity contribution in [2.24, 2.45) is 5.92 Å². The molecule has 1 aromatic rings. The van der Waals surface area contributed by atoms with Crippen molar-refractivity contribution in [1.82, 2.24) is 0 Å². The smallest absolute Gasteiger partial charge is 0.338 e. The van der Waals surface area contributed by atoms with Crippen molar-refractivity contribution in [2.75, 3.05) is 13.2 Å². The van der Waals surface area contributed by atoms with Gasteiger partial charge in [-0.1, -0.05) is 50.1 Å². The summed E-state index contributed by atoms with van der Waals surface area (Å²) in [6.07, 6.45) is 6.97. The van der Waals surface area contributed by atoms with Gasteiger partial charge in [-0.15, -0.1) is 0 Å². The third kappa shape index (κ3) is 8.35. The Morgan fingerprint density at radius 1 is 0.882 bits per heavy atom. The van der Waals surface area contributed by atoms with Crippen molar-refractivity contribution in [1.29, 1.82) is 0 Å². The molecule has 0 spiro atoms. The van der Waals surface area contributed by atoms with Crippen LogP contribution in [0.4, 0.5) is 0 Å². The van der Waals surface area contributed by atoms with E-state index in [0.29, 0.717) is 35.3 Å². The highest BCUT2D eigenvalue weighted by atomic mass is 16.5. The van der Waals surface area contributed by atoms with E-state index in [-0.39, 0.29) is 25.0 Å². The maximum absolute atomic E-state index is 11.8. The van der Waals surface area contributed by atoms with Crippen LogP contribution in [0.3, 0.4) is 0 Å². The van der Waals surface area contributed by atoms with Crippen molar-refractivity contribution in [3.63, 3.8) is 0 Å². The van der Waals surface area contributed by atoms with Gasteiger partial charge in [0.25, 0.3) is 0 Å². The molecule has 0 aromatic heterocycles. The molecule has 0 heterocycles. The molecule has 0 radical (unpaired) electrons. The summed E-state index contributed by atoms with van der Waals surface area (Å²) in [7, 11) is 0. The van der Waals surface area contributed by atoms with Crippen LogP contribution in [-0.4, -0.2) is 31.1 Å². The summed E-state index contributed by atoms with van der Waals surface area (Å²) in [6.45, 7) is 15.8. The molecule has 6 nitrogen and oxygen atoms in total.